The summed E-state index contributed by atoms with van der Waals surface area (Å²) < 4.78 is 0. The van der Waals surface area contributed by atoms with E-state index in [0.29, 0.717) is 17.5 Å². The quantitative estimate of drug-likeness (QED) is 0.177. The predicted molar refractivity (Wildman–Crippen MR) is 198 cm³/mol. The van der Waals surface area contributed by atoms with Crippen molar-refractivity contribution in [3.8, 4) is 78.9 Å². The molecule has 0 atom stereocenters. The SMILES string of the molecule is Cc1cccc(-c2cc(-c3c#cccc3)nc(-c3cccc(-c4cccc(-c5nc(-c6ccccc6)nc(-c6ccccc6)n5)c4)c3)c2)c1. The van der Waals surface area contributed by atoms with Crippen LogP contribution < -0.4 is 0 Å². The van der Waals surface area contributed by atoms with Gasteiger partial charge in [-0.25, -0.2) is 19.9 Å². The van der Waals surface area contributed by atoms with Crippen LogP contribution in [0.1, 0.15) is 5.56 Å². The van der Waals surface area contributed by atoms with Crippen LogP contribution in [0.25, 0.3) is 78.9 Å². The molecule has 0 fully saturated rings. The van der Waals surface area contributed by atoms with Crippen molar-refractivity contribution in [2.24, 2.45) is 0 Å². The van der Waals surface area contributed by atoms with E-state index in [1.165, 1.54) is 5.56 Å². The number of nitrogens with zero attached hydrogens (tertiary/aromatic N) is 4. The fourth-order valence-electron chi connectivity index (χ4n) is 5.94. The maximum absolute atomic E-state index is 5.12. The maximum atomic E-state index is 5.12. The van der Waals surface area contributed by atoms with Crippen LogP contribution in [0.3, 0.4) is 0 Å². The molecule has 4 nitrogen and oxygen atoms in total. The van der Waals surface area contributed by atoms with Gasteiger partial charge < -0.3 is 0 Å². The van der Waals surface area contributed by atoms with E-state index in [1.54, 1.807) is 0 Å². The number of aromatic nitrogens is 4. The van der Waals surface area contributed by atoms with Gasteiger partial charge in [-0.2, -0.15) is 0 Å². The largest absolute Gasteiger partial charge is 0.247 e. The highest BCUT2D eigenvalue weighted by atomic mass is 15.0. The first-order chi connectivity index (χ1) is 24.2. The van der Waals surface area contributed by atoms with Crippen molar-refractivity contribution in [2.75, 3.05) is 0 Å². The third-order valence-corrected chi connectivity index (χ3v) is 8.41. The van der Waals surface area contributed by atoms with Gasteiger partial charge in [0.05, 0.1) is 17.0 Å². The molecule has 49 heavy (non-hydrogen) atoms. The second-order valence-electron chi connectivity index (χ2n) is 11.9. The molecule has 8 rings (SSSR count). The van der Waals surface area contributed by atoms with Gasteiger partial charge >= 0.3 is 0 Å². The van der Waals surface area contributed by atoms with Crippen molar-refractivity contribution in [1.82, 2.24) is 19.9 Å². The predicted octanol–water partition coefficient (Wildman–Crippen LogP) is 10.8. The summed E-state index contributed by atoms with van der Waals surface area (Å²) in [5.74, 6) is 1.90. The van der Waals surface area contributed by atoms with Gasteiger partial charge in [-0.05, 0) is 65.6 Å². The Balaban J connectivity index is 1.21. The first-order valence-corrected chi connectivity index (χ1v) is 16.2. The van der Waals surface area contributed by atoms with E-state index in [4.69, 9.17) is 19.9 Å². The van der Waals surface area contributed by atoms with Crippen LogP contribution in [-0.2, 0) is 0 Å². The van der Waals surface area contributed by atoms with E-state index in [1.807, 2.05) is 78.9 Å². The van der Waals surface area contributed by atoms with Gasteiger partial charge in [0, 0.05) is 22.3 Å². The molecule has 0 aliphatic carbocycles. The number of hydrogen-bond acceptors (Lipinski definition) is 4. The van der Waals surface area contributed by atoms with E-state index in [-0.39, 0.29) is 0 Å². The fraction of sp³-hybridized carbons (Fsp3) is 0.0222. The van der Waals surface area contributed by atoms with E-state index < -0.39 is 0 Å². The summed E-state index contributed by atoms with van der Waals surface area (Å²) >= 11 is 0. The van der Waals surface area contributed by atoms with Gasteiger partial charge in [0.1, 0.15) is 0 Å². The Kier molecular flexibility index (Phi) is 7.99. The van der Waals surface area contributed by atoms with Gasteiger partial charge in [-0.15, -0.1) is 0 Å². The summed E-state index contributed by atoms with van der Waals surface area (Å²) in [6, 6.07) is 62.0. The third kappa shape index (κ3) is 6.47. The van der Waals surface area contributed by atoms with E-state index >= 15 is 0 Å². The molecule has 2 aromatic heterocycles. The van der Waals surface area contributed by atoms with Crippen molar-refractivity contribution in [1.29, 1.82) is 0 Å². The molecular weight excluding hydrogens is 597 g/mol. The van der Waals surface area contributed by atoms with E-state index in [2.05, 4.69) is 104 Å². The number of aryl methyl sites for hydroxylation is 1. The van der Waals surface area contributed by atoms with Gasteiger partial charge in [0.15, 0.2) is 17.5 Å². The molecule has 0 bridgehead atoms. The van der Waals surface area contributed by atoms with Gasteiger partial charge in [0.25, 0.3) is 0 Å². The van der Waals surface area contributed by atoms with Crippen LogP contribution in [0.4, 0.5) is 0 Å². The minimum absolute atomic E-state index is 0.624. The molecule has 0 aliphatic heterocycles. The minimum atomic E-state index is 0.624. The molecule has 0 unspecified atom stereocenters. The summed E-state index contributed by atoms with van der Waals surface area (Å²) in [6.45, 7) is 2.12. The number of pyridine rings is 1. The van der Waals surface area contributed by atoms with Gasteiger partial charge in [0.2, 0.25) is 0 Å². The zero-order chi connectivity index (χ0) is 33.0. The minimum Gasteiger partial charge on any atom is -0.247 e. The Morgan fingerprint density at radius 3 is 1.49 bits per heavy atom. The highest BCUT2D eigenvalue weighted by Gasteiger charge is 2.14. The Morgan fingerprint density at radius 2 is 0.878 bits per heavy atom. The smallest absolute Gasteiger partial charge is 0.164 e. The van der Waals surface area contributed by atoms with Crippen LogP contribution in [0.2, 0.25) is 0 Å². The average molecular weight is 627 g/mol. The normalized spacial score (nSPS) is 10.8. The van der Waals surface area contributed by atoms with Gasteiger partial charge in [-0.1, -0.05) is 145 Å². The molecule has 0 spiro atoms. The topological polar surface area (TPSA) is 51.6 Å². The second-order valence-corrected chi connectivity index (χ2v) is 11.9. The molecule has 2 heterocycles. The highest BCUT2D eigenvalue weighted by Crippen LogP contribution is 2.33. The molecule has 6 aromatic carbocycles. The molecule has 0 saturated carbocycles. The summed E-state index contributed by atoms with van der Waals surface area (Å²) in [4.78, 5) is 19.9. The number of hydrogen-bond donors (Lipinski definition) is 0. The molecule has 0 aliphatic rings. The van der Waals surface area contributed by atoms with E-state index in [0.717, 1.165) is 61.5 Å². The summed E-state index contributed by atoms with van der Waals surface area (Å²) in [7, 11) is 0. The summed E-state index contributed by atoms with van der Waals surface area (Å²) in [6.07, 6.45) is 0. The summed E-state index contributed by atoms with van der Waals surface area (Å²) in [5, 5.41) is 0. The molecule has 0 amide bonds. The van der Waals surface area contributed by atoms with Crippen LogP contribution >= 0.6 is 0 Å². The fourth-order valence-corrected chi connectivity index (χ4v) is 5.94. The van der Waals surface area contributed by atoms with Crippen molar-refractivity contribution in [2.45, 2.75) is 6.92 Å². The molecule has 0 radical (unpaired) electrons. The second kappa shape index (κ2) is 13.2. The first kappa shape index (κ1) is 29.7. The summed E-state index contributed by atoms with van der Waals surface area (Å²) in [5.41, 5.74) is 12.1. The lowest BCUT2D eigenvalue weighted by Gasteiger charge is -2.12. The number of rotatable bonds is 7. The van der Waals surface area contributed by atoms with Crippen LogP contribution in [0.5, 0.6) is 0 Å². The average Bonchev–Trinajstić information content (AvgIpc) is 3.19. The lowest BCUT2D eigenvalue weighted by molar-refractivity contribution is 1.07. The molecule has 4 heteroatoms. The molecule has 0 saturated heterocycles. The highest BCUT2D eigenvalue weighted by molar-refractivity contribution is 5.80. The Labute approximate surface area is 286 Å². The van der Waals surface area contributed by atoms with Gasteiger partial charge in [-0.3, -0.25) is 0 Å². The van der Waals surface area contributed by atoms with Crippen molar-refractivity contribution in [3.05, 3.63) is 181 Å². The zero-order valence-corrected chi connectivity index (χ0v) is 26.9. The Bertz CT molecular complexity index is 2330. The Hall–Kier alpha value is -6.70. The molecular formula is C45H30N4. The van der Waals surface area contributed by atoms with Crippen molar-refractivity contribution >= 4 is 0 Å². The van der Waals surface area contributed by atoms with Crippen LogP contribution in [-0.4, -0.2) is 19.9 Å². The molecule has 0 N–H and O–H groups in total. The maximum Gasteiger partial charge on any atom is 0.164 e. The molecule has 8 aromatic rings. The van der Waals surface area contributed by atoms with Crippen molar-refractivity contribution in [3.63, 3.8) is 0 Å². The lowest BCUT2D eigenvalue weighted by Crippen LogP contribution is -2.00. The van der Waals surface area contributed by atoms with Crippen molar-refractivity contribution < 1.29 is 0 Å². The standard InChI is InChI=1S/C45H30N4/c1-31-14-11-21-35(26-31)40-29-41(32-15-5-2-6-16-32)46-42(30-40)38-24-12-22-36(27-38)37-23-13-25-39(28-37)45-48-43(33-17-7-3-8-18-33)47-44(49-45)34-19-9-4-10-20-34/h2-5,7-15,17-30H,1H3. The third-order valence-electron chi connectivity index (χ3n) is 8.41. The zero-order valence-electron chi connectivity index (χ0n) is 26.9. The van der Waals surface area contributed by atoms with Crippen LogP contribution in [0.15, 0.2) is 164 Å². The molecule has 230 valence electrons. The van der Waals surface area contributed by atoms with Crippen LogP contribution in [0, 0.1) is 19.1 Å². The first-order valence-electron chi connectivity index (χ1n) is 16.2. The number of benzene rings is 5. The van der Waals surface area contributed by atoms with E-state index in [9.17, 15) is 0 Å². The lowest BCUT2D eigenvalue weighted by atomic mass is 9.97. The monoisotopic (exact) mass is 626 g/mol. The Morgan fingerprint density at radius 1 is 0.367 bits per heavy atom.